The molecule has 1 aromatic rings. The van der Waals surface area contributed by atoms with Gasteiger partial charge in [0, 0.05) is 32.1 Å². The Balaban J connectivity index is 1.82. The molecule has 1 aromatic heterocycles. The standard InChI is InChI=1S/C21H25N5O8S2/c1-10(27)33-11(2)34-20(30)16-12(6-5-7-31-3)8-35-19-15(18(29)26(16)19)24-17(28)14(25-32-4)13-9-36-21(22)23-13/h5-6,9,11,15,19H,7-8H2,1-4H3,(H2,22,23)(H,24,28)/b6-5+,25-14-/t11?,15-,19-/m1/s1. The van der Waals surface area contributed by atoms with Gasteiger partial charge in [-0.2, -0.15) is 0 Å². The topological polar surface area (TPSA) is 172 Å². The summed E-state index contributed by atoms with van der Waals surface area (Å²) in [7, 11) is 2.79. The van der Waals surface area contributed by atoms with Crippen molar-refractivity contribution in [3.8, 4) is 0 Å². The van der Waals surface area contributed by atoms with Gasteiger partial charge in [-0.25, -0.2) is 9.78 Å². The Morgan fingerprint density at radius 2 is 2.11 bits per heavy atom. The van der Waals surface area contributed by atoms with Gasteiger partial charge in [-0.15, -0.1) is 23.1 Å². The van der Waals surface area contributed by atoms with Crippen LogP contribution in [0.1, 0.15) is 19.5 Å². The van der Waals surface area contributed by atoms with Gasteiger partial charge >= 0.3 is 11.9 Å². The van der Waals surface area contributed by atoms with Gasteiger partial charge in [-0.1, -0.05) is 17.3 Å². The number of β-lactam (4-membered cyclic amide) rings is 1. The third-order valence-corrected chi connectivity index (χ3v) is 6.80. The summed E-state index contributed by atoms with van der Waals surface area (Å²) in [4.78, 5) is 60.3. The van der Waals surface area contributed by atoms with E-state index in [1.165, 1.54) is 50.1 Å². The summed E-state index contributed by atoms with van der Waals surface area (Å²) in [6.45, 7) is 2.86. The van der Waals surface area contributed by atoms with E-state index in [4.69, 9.17) is 24.8 Å². The molecular weight excluding hydrogens is 514 g/mol. The molecule has 0 radical (unpaired) electrons. The molecule has 15 heteroatoms. The van der Waals surface area contributed by atoms with Gasteiger partial charge in [0.2, 0.25) is 6.29 Å². The fourth-order valence-corrected chi connectivity index (χ4v) is 5.28. The van der Waals surface area contributed by atoms with E-state index in [0.717, 1.165) is 11.3 Å². The molecule has 0 bridgehead atoms. The first-order chi connectivity index (χ1) is 17.2. The monoisotopic (exact) mass is 539 g/mol. The number of thioether (sulfide) groups is 1. The van der Waals surface area contributed by atoms with Gasteiger partial charge in [0.1, 0.15) is 29.9 Å². The summed E-state index contributed by atoms with van der Waals surface area (Å²) in [5.41, 5.74) is 6.22. The van der Waals surface area contributed by atoms with E-state index >= 15 is 0 Å². The van der Waals surface area contributed by atoms with Crippen molar-refractivity contribution in [1.82, 2.24) is 15.2 Å². The van der Waals surface area contributed by atoms with Crippen LogP contribution in [0.5, 0.6) is 0 Å². The molecule has 3 heterocycles. The van der Waals surface area contributed by atoms with Crippen LogP contribution >= 0.6 is 23.1 Å². The van der Waals surface area contributed by atoms with Crippen molar-refractivity contribution in [2.75, 3.05) is 32.3 Å². The highest BCUT2D eigenvalue weighted by atomic mass is 32.2. The van der Waals surface area contributed by atoms with E-state index in [2.05, 4.69) is 15.5 Å². The van der Waals surface area contributed by atoms with Crippen LogP contribution in [0.2, 0.25) is 0 Å². The molecule has 2 amide bonds. The van der Waals surface area contributed by atoms with Gasteiger partial charge in [0.15, 0.2) is 10.8 Å². The highest BCUT2D eigenvalue weighted by Crippen LogP contribution is 2.41. The fraction of sp³-hybridized carbons (Fsp3) is 0.429. The van der Waals surface area contributed by atoms with Crippen LogP contribution in [-0.2, 0) is 38.2 Å². The molecular formula is C21H25N5O8S2. The highest BCUT2D eigenvalue weighted by molar-refractivity contribution is 8.00. The van der Waals surface area contributed by atoms with E-state index < -0.39 is 41.5 Å². The first-order valence-corrected chi connectivity index (χ1v) is 12.5. The van der Waals surface area contributed by atoms with Gasteiger partial charge in [0.25, 0.3) is 11.8 Å². The maximum atomic E-state index is 13.1. The molecule has 3 N–H and O–H groups in total. The highest BCUT2D eigenvalue weighted by Gasteiger charge is 2.54. The molecule has 36 heavy (non-hydrogen) atoms. The number of anilines is 1. The van der Waals surface area contributed by atoms with Crippen LogP contribution in [0.3, 0.4) is 0 Å². The molecule has 2 aliphatic rings. The molecule has 2 aliphatic heterocycles. The van der Waals surface area contributed by atoms with Crippen molar-refractivity contribution in [2.24, 2.45) is 5.16 Å². The smallest absolute Gasteiger partial charge is 0.358 e. The number of nitrogens with one attached hydrogen (secondary N) is 1. The third kappa shape index (κ3) is 6.03. The molecule has 0 saturated carbocycles. The molecule has 3 rings (SSSR count). The number of fused-ring (bicyclic) bond motifs is 1. The van der Waals surface area contributed by atoms with Gasteiger partial charge < -0.3 is 30.1 Å². The number of thiazole rings is 1. The third-order valence-electron chi connectivity index (χ3n) is 4.83. The summed E-state index contributed by atoms with van der Waals surface area (Å²) >= 11 is 2.47. The number of nitrogens with two attached hydrogens (primary N) is 1. The number of aromatic nitrogens is 1. The SMILES string of the molecule is COC/C=C/C1=C(C(=O)OC(C)OC(C)=O)N2C(=O)[C@@H](NC(=O)/C(=N\OC)c3csc(N)n3)[C@H]2SC1. The second-order valence-electron chi connectivity index (χ2n) is 7.37. The Hall–Kier alpha value is -3.43. The average molecular weight is 540 g/mol. The van der Waals surface area contributed by atoms with Gasteiger partial charge in [-0.05, 0) is 5.57 Å². The number of rotatable bonds is 10. The van der Waals surface area contributed by atoms with E-state index in [9.17, 15) is 19.2 Å². The van der Waals surface area contributed by atoms with Crippen molar-refractivity contribution in [3.63, 3.8) is 0 Å². The largest absolute Gasteiger partial charge is 0.426 e. The minimum atomic E-state index is -1.16. The zero-order chi connectivity index (χ0) is 26.4. The van der Waals surface area contributed by atoms with Crippen LogP contribution in [0, 0.1) is 0 Å². The Bertz CT molecular complexity index is 1130. The van der Waals surface area contributed by atoms with Crippen LogP contribution in [0.15, 0.2) is 34.0 Å². The van der Waals surface area contributed by atoms with Crippen molar-refractivity contribution in [2.45, 2.75) is 31.6 Å². The lowest BCUT2D eigenvalue weighted by molar-refractivity contribution is -0.182. The Kier molecular flexibility index (Phi) is 9.06. The number of hydrogen-bond acceptors (Lipinski definition) is 13. The van der Waals surface area contributed by atoms with Crippen LogP contribution in [0.4, 0.5) is 5.13 Å². The van der Waals surface area contributed by atoms with E-state index in [1.807, 2.05) is 0 Å². The molecule has 1 fully saturated rings. The zero-order valence-electron chi connectivity index (χ0n) is 19.9. The van der Waals surface area contributed by atoms with E-state index in [1.54, 1.807) is 12.2 Å². The van der Waals surface area contributed by atoms with E-state index in [0.29, 0.717) is 17.9 Å². The molecule has 0 aliphatic carbocycles. The number of oxime groups is 1. The van der Waals surface area contributed by atoms with Crippen molar-refractivity contribution in [3.05, 3.63) is 34.5 Å². The first kappa shape index (κ1) is 27.2. The summed E-state index contributed by atoms with van der Waals surface area (Å²) in [5, 5.41) is 7.54. The number of hydrogen-bond donors (Lipinski definition) is 2. The van der Waals surface area contributed by atoms with Crippen LogP contribution in [-0.4, -0.2) is 83.6 Å². The van der Waals surface area contributed by atoms with Gasteiger partial charge in [0.05, 0.1) is 6.61 Å². The summed E-state index contributed by atoms with van der Waals surface area (Å²) < 4.78 is 15.1. The number of allylic oxidation sites excluding steroid dienone is 1. The van der Waals surface area contributed by atoms with Gasteiger partial charge in [-0.3, -0.25) is 19.3 Å². The number of nitrogen functional groups attached to an aromatic ring is 1. The molecule has 1 saturated heterocycles. The van der Waals surface area contributed by atoms with Crippen LogP contribution < -0.4 is 11.1 Å². The molecule has 3 atom stereocenters. The van der Waals surface area contributed by atoms with Crippen LogP contribution in [0.25, 0.3) is 0 Å². The fourth-order valence-electron chi connectivity index (χ4n) is 3.41. The minimum Gasteiger partial charge on any atom is -0.426 e. The second-order valence-corrected chi connectivity index (χ2v) is 9.36. The zero-order valence-corrected chi connectivity index (χ0v) is 21.5. The van der Waals surface area contributed by atoms with Crippen molar-refractivity contribution in [1.29, 1.82) is 0 Å². The summed E-state index contributed by atoms with van der Waals surface area (Å²) in [6.07, 6.45) is 2.19. The number of carbonyl (C=O) groups excluding carboxylic acids is 4. The molecule has 13 nitrogen and oxygen atoms in total. The molecule has 194 valence electrons. The minimum absolute atomic E-state index is 0.00124. The van der Waals surface area contributed by atoms with Crippen molar-refractivity contribution < 1.29 is 38.2 Å². The Morgan fingerprint density at radius 3 is 2.72 bits per heavy atom. The maximum Gasteiger partial charge on any atom is 0.358 e. The molecule has 0 aromatic carbocycles. The molecule has 0 spiro atoms. The summed E-state index contributed by atoms with van der Waals surface area (Å²) in [5.74, 6) is -2.35. The Labute approximate surface area is 214 Å². The maximum absolute atomic E-state index is 13.1. The van der Waals surface area contributed by atoms with E-state index in [-0.39, 0.29) is 22.2 Å². The second kappa shape index (κ2) is 12.0. The Morgan fingerprint density at radius 1 is 1.36 bits per heavy atom. The lowest BCUT2D eigenvalue weighted by Crippen LogP contribution is -2.71. The normalized spacial score (nSPS) is 20.5. The predicted octanol–water partition coefficient (Wildman–Crippen LogP) is 0.385. The quantitative estimate of drug-likeness (QED) is 0.138. The van der Waals surface area contributed by atoms with Crippen molar-refractivity contribution >= 4 is 57.7 Å². The molecule has 1 unspecified atom stereocenters. The summed E-state index contributed by atoms with van der Waals surface area (Å²) in [6, 6.07) is -0.946. The number of carbonyl (C=O) groups is 4. The number of ether oxygens (including phenoxy) is 3. The number of nitrogens with zero attached hydrogens (tertiary/aromatic N) is 3. The number of esters is 2. The average Bonchev–Trinajstić information content (AvgIpc) is 3.25. The lowest BCUT2D eigenvalue weighted by Gasteiger charge is -2.49. The predicted molar refractivity (Wildman–Crippen MR) is 130 cm³/mol. The number of methoxy groups -OCH3 is 1. The number of amides is 2. The first-order valence-electron chi connectivity index (χ1n) is 10.5. The lowest BCUT2D eigenvalue weighted by atomic mass is 10.0.